The minimum absolute atomic E-state index is 0.109. The highest BCUT2D eigenvalue weighted by atomic mass is 35.5. The van der Waals surface area contributed by atoms with Gasteiger partial charge in [-0.15, -0.1) is 0 Å². The molecule has 0 aliphatic carbocycles. The van der Waals surface area contributed by atoms with Crippen LogP contribution >= 0.6 is 11.6 Å². The lowest BCUT2D eigenvalue weighted by atomic mass is 9.68. The Bertz CT molecular complexity index is 799. The molecule has 8 heteroatoms. The summed E-state index contributed by atoms with van der Waals surface area (Å²) >= 11 is 6.41. The number of fused-ring (bicyclic) bond motifs is 4. The number of rotatable bonds is 3. The Balaban J connectivity index is 1.83. The number of hydrogen-bond acceptors (Lipinski definition) is 5. The van der Waals surface area contributed by atoms with E-state index >= 15 is 0 Å². The van der Waals surface area contributed by atoms with E-state index in [0.717, 1.165) is 35.5 Å². The number of nitrogens with zero attached hydrogens (tertiary/aromatic N) is 2. The minimum Gasteiger partial charge on any atom is -0.383 e. The monoisotopic (exact) mass is 377 g/mol. The lowest BCUT2D eigenvalue weighted by Gasteiger charge is -2.49. The molecule has 0 unspecified atom stereocenters. The fourth-order valence-electron chi connectivity index (χ4n) is 4.50. The number of carbonyl (C=O) groups excluding carboxylic acids is 3. The van der Waals surface area contributed by atoms with Crippen LogP contribution in [0.25, 0.3) is 0 Å². The molecule has 26 heavy (non-hydrogen) atoms. The van der Waals surface area contributed by atoms with E-state index in [1.807, 2.05) is 12.1 Å². The summed E-state index contributed by atoms with van der Waals surface area (Å²) in [7, 11) is 1.50. The number of halogens is 1. The van der Waals surface area contributed by atoms with Crippen molar-refractivity contribution < 1.29 is 19.1 Å². The summed E-state index contributed by atoms with van der Waals surface area (Å²) < 4.78 is 5.02. The first kappa shape index (κ1) is 17.3. The van der Waals surface area contributed by atoms with E-state index in [1.165, 1.54) is 7.11 Å². The van der Waals surface area contributed by atoms with Crippen molar-refractivity contribution in [3.8, 4) is 0 Å². The molecule has 4 rings (SSSR count). The molecule has 0 aromatic heterocycles. The Morgan fingerprint density at radius 3 is 2.92 bits per heavy atom. The van der Waals surface area contributed by atoms with Gasteiger partial charge in [0.15, 0.2) is 5.41 Å². The smallest absolute Gasteiger partial charge is 0.330 e. The van der Waals surface area contributed by atoms with Crippen molar-refractivity contribution in [2.45, 2.75) is 25.3 Å². The van der Waals surface area contributed by atoms with Crippen molar-refractivity contribution in [2.24, 2.45) is 5.41 Å². The average molecular weight is 378 g/mol. The summed E-state index contributed by atoms with van der Waals surface area (Å²) in [6.45, 7) is 1.08. The molecular weight excluding hydrogens is 358 g/mol. The number of amides is 4. The van der Waals surface area contributed by atoms with E-state index in [-0.39, 0.29) is 25.6 Å². The van der Waals surface area contributed by atoms with Crippen LogP contribution in [0.1, 0.15) is 18.4 Å². The van der Waals surface area contributed by atoms with Crippen LogP contribution in [0.15, 0.2) is 18.2 Å². The van der Waals surface area contributed by atoms with Gasteiger partial charge in [-0.2, -0.15) is 0 Å². The van der Waals surface area contributed by atoms with Gasteiger partial charge in [0.25, 0.3) is 0 Å². The maximum Gasteiger partial charge on any atom is 0.330 e. The third-order valence-electron chi connectivity index (χ3n) is 5.70. The van der Waals surface area contributed by atoms with Crippen LogP contribution in [0.5, 0.6) is 0 Å². The molecule has 3 aliphatic heterocycles. The Labute approximate surface area is 156 Å². The van der Waals surface area contributed by atoms with Crippen LogP contribution < -0.4 is 10.2 Å². The Hall–Kier alpha value is -2.12. The van der Waals surface area contributed by atoms with Gasteiger partial charge in [0.2, 0.25) is 11.8 Å². The molecule has 0 bridgehead atoms. The molecule has 1 spiro atoms. The molecule has 138 valence electrons. The summed E-state index contributed by atoms with van der Waals surface area (Å²) in [5.41, 5.74) is 0.430. The summed E-state index contributed by atoms with van der Waals surface area (Å²) in [5.74, 6) is -0.977. The Morgan fingerprint density at radius 2 is 2.15 bits per heavy atom. The fraction of sp³-hybridized carbons (Fsp3) is 0.500. The highest BCUT2D eigenvalue weighted by molar-refractivity contribution is 6.32. The molecule has 4 amide bonds. The Morgan fingerprint density at radius 1 is 1.35 bits per heavy atom. The van der Waals surface area contributed by atoms with Crippen LogP contribution in [-0.2, 0) is 20.7 Å². The van der Waals surface area contributed by atoms with Gasteiger partial charge in [-0.1, -0.05) is 17.7 Å². The number of ether oxygens (including phenoxy) is 1. The van der Waals surface area contributed by atoms with E-state index in [2.05, 4.69) is 10.2 Å². The van der Waals surface area contributed by atoms with Crippen LogP contribution in [-0.4, -0.2) is 55.6 Å². The molecule has 0 radical (unpaired) electrons. The van der Waals surface area contributed by atoms with E-state index < -0.39 is 23.3 Å². The van der Waals surface area contributed by atoms with Gasteiger partial charge >= 0.3 is 6.03 Å². The van der Waals surface area contributed by atoms with Crippen LogP contribution in [0, 0.1) is 5.41 Å². The molecule has 1 aromatic carbocycles. The SMILES string of the molecule is COCCN1C(=O)NC(=O)[C@@]2(Cc3c(Cl)cccc3N3CCC[C@@H]32)C1=O. The number of benzene rings is 1. The standard InChI is InChI=1S/C18H20ClN3O4/c1-26-9-8-22-16(24)18(15(23)20-17(22)25)10-11-12(19)4-2-5-13(11)21-7-3-6-14(18)21/h2,4-5,14H,3,6-10H2,1H3,(H,20,23,25)/t14-,18+/m1/s1. The van der Waals surface area contributed by atoms with Crippen molar-refractivity contribution in [2.75, 3.05) is 31.7 Å². The summed E-state index contributed by atoms with van der Waals surface area (Å²) in [6, 6.07) is 4.66. The lowest BCUT2D eigenvalue weighted by molar-refractivity contribution is -0.153. The lowest BCUT2D eigenvalue weighted by Crippen LogP contribution is -2.71. The largest absolute Gasteiger partial charge is 0.383 e. The number of methoxy groups -OCH3 is 1. The van der Waals surface area contributed by atoms with Gasteiger partial charge in [-0.3, -0.25) is 19.8 Å². The average Bonchev–Trinajstić information content (AvgIpc) is 3.11. The number of anilines is 1. The summed E-state index contributed by atoms with van der Waals surface area (Å²) in [5, 5.41) is 2.93. The van der Waals surface area contributed by atoms with Gasteiger partial charge in [0.1, 0.15) is 0 Å². The second-order valence-corrected chi connectivity index (χ2v) is 7.35. The Kier molecular flexibility index (Phi) is 4.16. The topological polar surface area (TPSA) is 79.0 Å². The molecule has 1 aromatic rings. The second-order valence-electron chi connectivity index (χ2n) is 6.95. The zero-order chi connectivity index (χ0) is 18.5. The van der Waals surface area contributed by atoms with Gasteiger partial charge in [-0.25, -0.2) is 4.79 Å². The molecule has 3 aliphatic rings. The number of carbonyl (C=O) groups is 3. The molecule has 2 atom stereocenters. The third kappa shape index (κ3) is 2.27. The molecule has 0 saturated carbocycles. The van der Waals surface area contributed by atoms with Gasteiger partial charge in [0.05, 0.1) is 19.2 Å². The molecule has 1 N–H and O–H groups in total. The molecular formula is C18H20ClN3O4. The summed E-state index contributed by atoms with van der Waals surface area (Å²) in [4.78, 5) is 41.8. The van der Waals surface area contributed by atoms with Crippen molar-refractivity contribution >= 4 is 35.1 Å². The fourth-order valence-corrected chi connectivity index (χ4v) is 4.73. The molecule has 7 nitrogen and oxygen atoms in total. The van der Waals surface area contributed by atoms with Crippen LogP contribution in [0.3, 0.4) is 0 Å². The molecule has 2 saturated heterocycles. The zero-order valence-electron chi connectivity index (χ0n) is 14.5. The number of nitrogens with one attached hydrogen (secondary N) is 1. The van der Waals surface area contributed by atoms with Gasteiger partial charge in [0, 0.05) is 30.8 Å². The predicted octanol–water partition coefficient (Wildman–Crippen LogP) is 1.58. The number of barbiturate groups is 1. The first-order valence-corrected chi connectivity index (χ1v) is 9.09. The predicted molar refractivity (Wildman–Crippen MR) is 95.1 cm³/mol. The highest BCUT2D eigenvalue weighted by Crippen LogP contribution is 2.49. The number of hydrogen-bond donors (Lipinski definition) is 1. The highest BCUT2D eigenvalue weighted by Gasteiger charge is 2.62. The summed E-state index contributed by atoms with van der Waals surface area (Å²) in [6.07, 6.45) is 1.80. The van der Waals surface area contributed by atoms with Crippen LogP contribution in [0.4, 0.5) is 10.5 Å². The van der Waals surface area contributed by atoms with Crippen molar-refractivity contribution in [1.82, 2.24) is 10.2 Å². The van der Waals surface area contributed by atoms with Crippen molar-refractivity contribution in [3.05, 3.63) is 28.8 Å². The first-order chi connectivity index (χ1) is 12.5. The molecule has 2 fully saturated rings. The number of urea groups is 1. The van der Waals surface area contributed by atoms with E-state index in [1.54, 1.807) is 6.07 Å². The van der Waals surface area contributed by atoms with E-state index in [4.69, 9.17) is 16.3 Å². The van der Waals surface area contributed by atoms with E-state index in [0.29, 0.717) is 5.02 Å². The van der Waals surface area contributed by atoms with Gasteiger partial charge < -0.3 is 9.64 Å². The quantitative estimate of drug-likeness (QED) is 0.809. The second kappa shape index (κ2) is 6.25. The third-order valence-corrected chi connectivity index (χ3v) is 6.05. The maximum absolute atomic E-state index is 13.4. The van der Waals surface area contributed by atoms with Crippen molar-refractivity contribution in [3.63, 3.8) is 0 Å². The molecule has 3 heterocycles. The first-order valence-electron chi connectivity index (χ1n) is 8.71. The van der Waals surface area contributed by atoms with Crippen LogP contribution in [0.2, 0.25) is 5.02 Å². The number of imide groups is 2. The van der Waals surface area contributed by atoms with E-state index in [9.17, 15) is 14.4 Å². The van der Waals surface area contributed by atoms with Gasteiger partial charge in [-0.05, 0) is 30.5 Å². The van der Waals surface area contributed by atoms with Crippen molar-refractivity contribution in [1.29, 1.82) is 0 Å². The zero-order valence-corrected chi connectivity index (χ0v) is 15.2. The minimum atomic E-state index is -1.34. The maximum atomic E-state index is 13.4. The normalized spacial score (nSPS) is 27.6.